The second kappa shape index (κ2) is 7.58. The minimum atomic E-state index is 0.112. The van der Waals surface area contributed by atoms with E-state index in [1.54, 1.807) is 0 Å². The van der Waals surface area contributed by atoms with Crippen molar-refractivity contribution in [1.29, 1.82) is 0 Å². The zero-order valence-electron chi connectivity index (χ0n) is 11.0. The lowest BCUT2D eigenvalue weighted by Gasteiger charge is -2.23. The molecule has 2 rings (SSSR count). The monoisotopic (exact) mass is 386 g/mol. The second-order valence-corrected chi connectivity index (χ2v) is 6.77. The normalized spacial score (nSPS) is 21.1. The number of hydrogen-bond donors (Lipinski definition) is 2. The van der Waals surface area contributed by atoms with E-state index in [0.29, 0.717) is 0 Å². The third-order valence-electron chi connectivity index (χ3n) is 3.64. The van der Waals surface area contributed by atoms with Gasteiger partial charge in [0.05, 0.1) is 6.04 Å². The number of halogens is 2. The van der Waals surface area contributed by atoms with Gasteiger partial charge in [0.1, 0.15) is 0 Å². The summed E-state index contributed by atoms with van der Waals surface area (Å²) in [6.07, 6.45) is 9.92. The first-order valence-corrected chi connectivity index (χ1v) is 8.41. The van der Waals surface area contributed by atoms with E-state index in [2.05, 4.69) is 61.6 Å². The fraction of sp³-hybridized carbons (Fsp3) is 0.467. The molecule has 4 heteroatoms. The van der Waals surface area contributed by atoms with Crippen LogP contribution in [0.5, 0.6) is 0 Å². The lowest BCUT2D eigenvalue weighted by molar-refractivity contribution is 0.554. The van der Waals surface area contributed by atoms with E-state index >= 15 is 0 Å². The smallest absolute Gasteiger partial charge is 0.0681 e. The molecule has 2 nitrogen and oxygen atoms in total. The molecule has 0 bridgehead atoms. The van der Waals surface area contributed by atoms with Gasteiger partial charge in [-0.1, -0.05) is 62.4 Å². The predicted molar refractivity (Wildman–Crippen MR) is 87.7 cm³/mol. The molecule has 3 N–H and O–H groups in total. The van der Waals surface area contributed by atoms with E-state index < -0.39 is 0 Å². The average Bonchev–Trinajstić information content (AvgIpc) is 2.34. The predicted octanol–water partition coefficient (Wildman–Crippen LogP) is 5.00. The van der Waals surface area contributed by atoms with Crippen LogP contribution >= 0.6 is 31.9 Å². The van der Waals surface area contributed by atoms with Gasteiger partial charge in [-0.25, -0.2) is 5.43 Å². The molecular weight excluding hydrogens is 368 g/mol. The molecule has 1 aliphatic rings. The van der Waals surface area contributed by atoms with Gasteiger partial charge in [0, 0.05) is 8.95 Å². The summed E-state index contributed by atoms with van der Waals surface area (Å²) in [6.45, 7) is 0. The lowest BCUT2D eigenvalue weighted by atomic mass is 9.91. The fourth-order valence-electron chi connectivity index (χ4n) is 2.61. The molecule has 1 atom stereocenters. The average molecular weight is 388 g/mol. The standard InChI is InChI=1S/C15H20Br2N2/c16-12-8-9-13(14(17)10-12)15(19-18)11-6-4-2-1-3-5-7-11/h6,8-10,15,19H,1-5,7,18H2/b11-6+. The van der Waals surface area contributed by atoms with Crippen LogP contribution in [-0.2, 0) is 0 Å². The van der Waals surface area contributed by atoms with Crippen LogP contribution in [0.1, 0.15) is 50.1 Å². The summed E-state index contributed by atoms with van der Waals surface area (Å²) in [7, 11) is 0. The number of hydrogen-bond acceptors (Lipinski definition) is 2. The van der Waals surface area contributed by atoms with Crippen LogP contribution < -0.4 is 11.3 Å². The zero-order valence-corrected chi connectivity index (χ0v) is 14.1. The van der Waals surface area contributed by atoms with Gasteiger partial charge in [0.25, 0.3) is 0 Å². The Morgan fingerprint density at radius 3 is 2.63 bits per heavy atom. The lowest BCUT2D eigenvalue weighted by Crippen LogP contribution is -2.30. The van der Waals surface area contributed by atoms with Gasteiger partial charge in [-0.15, -0.1) is 0 Å². The van der Waals surface area contributed by atoms with Crippen molar-refractivity contribution in [2.24, 2.45) is 5.84 Å². The summed E-state index contributed by atoms with van der Waals surface area (Å²) in [5.74, 6) is 5.81. The molecule has 0 radical (unpaired) electrons. The van der Waals surface area contributed by atoms with E-state index in [1.807, 2.05) is 0 Å². The molecule has 1 unspecified atom stereocenters. The van der Waals surface area contributed by atoms with Gasteiger partial charge in [0.2, 0.25) is 0 Å². The maximum atomic E-state index is 5.81. The minimum Gasteiger partial charge on any atom is -0.271 e. The SMILES string of the molecule is NNC(/C1=C/CCCCCC1)c1ccc(Br)cc1Br. The molecule has 0 saturated carbocycles. The first kappa shape index (κ1) is 15.2. The topological polar surface area (TPSA) is 38.0 Å². The summed E-state index contributed by atoms with van der Waals surface area (Å²) in [5, 5.41) is 0. The van der Waals surface area contributed by atoms with E-state index in [1.165, 1.54) is 43.2 Å². The van der Waals surface area contributed by atoms with Crippen molar-refractivity contribution in [3.05, 3.63) is 44.4 Å². The van der Waals surface area contributed by atoms with E-state index in [4.69, 9.17) is 5.84 Å². The molecular formula is C15H20Br2N2. The van der Waals surface area contributed by atoms with E-state index in [0.717, 1.165) is 15.4 Å². The minimum absolute atomic E-state index is 0.112. The van der Waals surface area contributed by atoms with Crippen LogP contribution in [0.3, 0.4) is 0 Å². The molecule has 104 valence electrons. The van der Waals surface area contributed by atoms with Gasteiger partial charge in [-0.3, -0.25) is 5.84 Å². The number of nitrogens with one attached hydrogen (secondary N) is 1. The summed E-state index contributed by atoms with van der Waals surface area (Å²) in [5.41, 5.74) is 5.61. The van der Waals surface area contributed by atoms with Crippen molar-refractivity contribution in [1.82, 2.24) is 5.43 Å². The Bertz CT molecular complexity index is 457. The highest BCUT2D eigenvalue weighted by Crippen LogP contribution is 2.33. The summed E-state index contributed by atoms with van der Waals surface area (Å²) in [4.78, 5) is 0. The Morgan fingerprint density at radius 2 is 1.89 bits per heavy atom. The van der Waals surface area contributed by atoms with E-state index in [-0.39, 0.29) is 6.04 Å². The summed E-state index contributed by atoms with van der Waals surface area (Å²) >= 11 is 7.13. The first-order chi connectivity index (χ1) is 9.22. The Morgan fingerprint density at radius 1 is 1.11 bits per heavy atom. The highest BCUT2D eigenvalue weighted by molar-refractivity contribution is 9.11. The van der Waals surface area contributed by atoms with Gasteiger partial charge < -0.3 is 0 Å². The van der Waals surface area contributed by atoms with Crippen molar-refractivity contribution in [3.63, 3.8) is 0 Å². The second-order valence-electron chi connectivity index (χ2n) is 5.00. The molecule has 1 aromatic rings. The zero-order chi connectivity index (χ0) is 13.7. The van der Waals surface area contributed by atoms with E-state index in [9.17, 15) is 0 Å². The van der Waals surface area contributed by atoms with Crippen LogP contribution in [0.25, 0.3) is 0 Å². The number of benzene rings is 1. The number of nitrogens with two attached hydrogens (primary N) is 1. The molecule has 0 amide bonds. The van der Waals surface area contributed by atoms with Crippen LogP contribution in [-0.4, -0.2) is 0 Å². The molecule has 1 aromatic carbocycles. The molecule has 0 saturated heterocycles. The molecule has 0 aromatic heterocycles. The van der Waals surface area contributed by atoms with Crippen LogP contribution in [0.15, 0.2) is 38.8 Å². The van der Waals surface area contributed by atoms with Gasteiger partial charge in [-0.2, -0.15) is 0 Å². The van der Waals surface area contributed by atoms with Crippen LogP contribution in [0.2, 0.25) is 0 Å². The number of hydrazine groups is 1. The fourth-order valence-corrected chi connectivity index (χ4v) is 3.89. The molecule has 0 aliphatic heterocycles. The maximum absolute atomic E-state index is 5.81. The maximum Gasteiger partial charge on any atom is 0.0681 e. The number of rotatable bonds is 3. The Kier molecular flexibility index (Phi) is 6.07. The molecule has 1 aliphatic carbocycles. The van der Waals surface area contributed by atoms with Crippen LogP contribution in [0.4, 0.5) is 0 Å². The summed E-state index contributed by atoms with van der Waals surface area (Å²) < 4.78 is 2.17. The first-order valence-electron chi connectivity index (χ1n) is 6.82. The quantitative estimate of drug-likeness (QED) is 0.435. The van der Waals surface area contributed by atoms with Crippen molar-refractivity contribution in [2.75, 3.05) is 0 Å². The molecule has 19 heavy (non-hydrogen) atoms. The van der Waals surface area contributed by atoms with Gasteiger partial charge in [0.15, 0.2) is 0 Å². The highest BCUT2D eigenvalue weighted by Gasteiger charge is 2.18. The van der Waals surface area contributed by atoms with Crippen LogP contribution in [0, 0.1) is 0 Å². The largest absolute Gasteiger partial charge is 0.271 e. The third kappa shape index (κ3) is 4.15. The molecule has 0 fully saturated rings. The number of allylic oxidation sites excluding steroid dienone is 1. The van der Waals surface area contributed by atoms with Crippen molar-refractivity contribution in [3.8, 4) is 0 Å². The van der Waals surface area contributed by atoms with Crippen molar-refractivity contribution in [2.45, 2.75) is 44.6 Å². The van der Waals surface area contributed by atoms with Crippen molar-refractivity contribution < 1.29 is 0 Å². The third-order valence-corrected chi connectivity index (χ3v) is 4.82. The summed E-state index contributed by atoms with van der Waals surface area (Å²) in [6, 6.07) is 6.37. The molecule has 0 heterocycles. The Hall–Kier alpha value is -0.160. The molecule has 0 spiro atoms. The highest BCUT2D eigenvalue weighted by atomic mass is 79.9. The Labute approximate surface area is 132 Å². The van der Waals surface area contributed by atoms with Gasteiger partial charge >= 0.3 is 0 Å². The Balaban J connectivity index is 2.27. The van der Waals surface area contributed by atoms with Gasteiger partial charge in [-0.05, 0) is 43.4 Å². The van der Waals surface area contributed by atoms with Crippen molar-refractivity contribution >= 4 is 31.9 Å².